The maximum atomic E-state index is 13.0. The van der Waals surface area contributed by atoms with Crippen molar-refractivity contribution in [3.8, 4) is 0 Å². The SMILES string of the molecule is CC.Cc1cc(Nc2nc(NC3CCCN(C(=O)c4ccc(N(C)C)cc4)C3)cnc2C(N)=O)sn1. The lowest BCUT2D eigenvalue weighted by Gasteiger charge is -2.33. The number of carbonyl (C=O) groups is 2. The molecular weight excluding hydrogens is 476 g/mol. The molecule has 0 bridgehead atoms. The van der Waals surface area contributed by atoms with Gasteiger partial charge in [-0.25, -0.2) is 9.97 Å². The molecule has 0 radical (unpaired) electrons. The number of aromatic nitrogens is 3. The van der Waals surface area contributed by atoms with Crippen molar-refractivity contribution < 1.29 is 9.59 Å². The number of benzene rings is 1. The van der Waals surface area contributed by atoms with Crippen LogP contribution in [0.25, 0.3) is 0 Å². The number of piperidine rings is 1. The van der Waals surface area contributed by atoms with Crippen molar-refractivity contribution in [3.05, 3.63) is 53.5 Å². The highest BCUT2D eigenvalue weighted by Gasteiger charge is 2.25. The molecule has 1 unspecified atom stereocenters. The Morgan fingerprint density at radius 1 is 1.19 bits per heavy atom. The van der Waals surface area contributed by atoms with Crippen molar-refractivity contribution in [2.45, 2.75) is 39.7 Å². The number of primary amides is 1. The third-order valence-electron chi connectivity index (χ3n) is 5.57. The topological polar surface area (TPSA) is 129 Å². The molecule has 1 atom stereocenters. The molecule has 4 rings (SSSR count). The summed E-state index contributed by atoms with van der Waals surface area (Å²) in [6, 6.07) is 9.48. The summed E-state index contributed by atoms with van der Waals surface area (Å²) in [5.41, 5.74) is 8.11. The summed E-state index contributed by atoms with van der Waals surface area (Å²) in [6.45, 7) is 7.13. The Hall–Kier alpha value is -3.73. The molecule has 3 heterocycles. The maximum absolute atomic E-state index is 13.0. The van der Waals surface area contributed by atoms with Crippen LogP contribution in [-0.2, 0) is 0 Å². The number of anilines is 4. The first-order valence-electron chi connectivity index (χ1n) is 12.0. The Morgan fingerprint density at radius 2 is 1.92 bits per heavy atom. The minimum absolute atomic E-state index is 0.00553. The van der Waals surface area contributed by atoms with Gasteiger partial charge in [-0.15, -0.1) is 0 Å². The molecule has 1 aliphatic heterocycles. The van der Waals surface area contributed by atoms with E-state index in [-0.39, 0.29) is 23.5 Å². The Morgan fingerprint density at radius 3 is 2.53 bits per heavy atom. The lowest BCUT2D eigenvalue weighted by molar-refractivity contribution is 0.0714. The van der Waals surface area contributed by atoms with Crippen molar-refractivity contribution >= 4 is 45.7 Å². The van der Waals surface area contributed by atoms with Gasteiger partial charge in [0.25, 0.3) is 11.8 Å². The maximum Gasteiger partial charge on any atom is 0.271 e. The predicted octanol–water partition coefficient (Wildman–Crippen LogP) is 3.89. The molecule has 1 aromatic carbocycles. The average Bonchev–Trinajstić information content (AvgIpc) is 3.29. The predicted molar refractivity (Wildman–Crippen MR) is 145 cm³/mol. The zero-order valence-electron chi connectivity index (χ0n) is 21.4. The number of nitrogens with zero attached hydrogens (tertiary/aromatic N) is 5. The standard InChI is InChI=1S/C23H28N8O2S.C2H6/c1-14-11-19(34-29-14)28-22-20(21(24)32)25-12-18(27-22)26-16-5-4-10-31(13-16)23(33)15-6-8-17(9-7-15)30(2)3;1-2/h6-9,11-12,16H,4-5,10,13H2,1-3H3,(H2,24,32)(H2,26,27,28);1-2H3. The monoisotopic (exact) mass is 510 g/mol. The number of likely N-dealkylation sites (tertiary alicyclic amines) is 1. The fourth-order valence-electron chi connectivity index (χ4n) is 3.84. The number of hydrogen-bond donors (Lipinski definition) is 3. The van der Waals surface area contributed by atoms with Gasteiger partial charge in [0, 0.05) is 44.5 Å². The van der Waals surface area contributed by atoms with Crippen LogP contribution in [0.3, 0.4) is 0 Å². The summed E-state index contributed by atoms with van der Waals surface area (Å²) in [5.74, 6) is 0.113. The zero-order valence-corrected chi connectivity index (χ0v) is 22.2. The summed E-state index contributed by atoms with van der Waals surface area (Å²) >= 11 is 1.26. The number of carbonyl (C=O) groups excluding carboxylic acids is 2. The minimum atomic E-state index is -0.669. The highest BCUT2D eigenvalue weighted by molar-refractivity contribution is 7.10. The number of aryl methyl sites for hydroxylation is 1. The third-order valence-corrected chi connectivity index (χ3v) is 6.36. The van der Waals surface area contributed by atoms with E-state index in [2.05, 4.69) is 25.0 Å². The fourth-order valence-corrected chi connectivity index (χ4v) is 4.50. The first kappa shape index (κ1) is 26.9. The van der Waals surface area contributed by atoms with Crippen LogP contribution in [-0.4, -0.2) is 64.3 Å². The van der Waals surface area contributed by atoms with E-state index >= 15 is 0 Å². The normalized spacial score (nSPS) is 14.9. The van der Waals surface area contributed by atoms with Gasteiger partial charge >= 0.3 is 0 Å². The highest BCUT2D eigenvalue weighted by atomic mass is 32.1. The number of nitrogens with two attached hydrogens (primary N) is 1. The number of amides is 2. The van der Waals surface area contributed by atoms with Crippen LogP contribution in [0, 0.1) is 6.92 Å². The molecule has 1 fully saturated rings. The van der Waals surface area contributed by atoms with E-state index in [9.17, 15) is 9.59 Å². The summed E-state index contributed by atoms with van der Waals surface area (Å²) in [4.78, 5) is 37.5. The lowest BCUT2D eigenvalue weighted by Crippen LogP contribution is -2.45. The molecule has 10 nitrogen and oxygen atoms in total. The van der Waals surface area contributed by atoms with Gasteiger partial charge in [0.05, 0.1) is 11.9 Å². The molecule has 0 saturated carbocycles. The van der Waals surface area contributed by atoms with Gasteiger partial charge in [-0.3, -0.25) is 9.59 Å². The van der Waals surface area contributed by atoms with Gasteiger partial charge in [-0.1, -0.05) is 13.8 Å². The van der Waals surface area contributed by atoms with Crippen LogP contribution in [0.15, 0.2) is 36.5 Å². The van der Waals surface area contributed by atoms with Crippen LogP contribution in [0.4, 0.5) is 22.3 Å². The van der Waals surface area contributed by atoms with Gasteiger partial charge < -0.3 is 26.2 Å². The first-order chi connectivity index (χ1) is 17.3. The minimum Gasteiger partial charge on any atom is -0.378 e. The smallest absolute Gasteiger partial charge is 0.271 e. The van der Waals surface area contributed by atoms with Crippen LogP contribution >= 0.6 is 11.5 Å². The van der Waals surface area contributed by atoms with E-state index in [0.29, 0.717) is 24.5 Å². The van der Waals surface area contributed by atoms with Crippen LogP contribution in [0.2, 0.25) is 0 Å². The van der Waals surface area contributed by atoms with Gasteiger partial charge in [-0.2, -0.15) is 4.37 Å². The second kappa shape index (κ2) is 12.3. The summed E-state index contributed by atoms with van der Waals surface area (Å²) < 4.78 is 4.23. The summed E-state index contributed by atoms with van der Waals surface area (Å²) in [5, 5.41) is 7.18. The molecule has 0 aliphatic carbocycles. The van der Waals surface area contributed by atoms with Crippen molar-refractivity contribution in [2.75, 3.05) is 42.7 Å². The molecule has 4 N–H and O–H groups in total. The molecule has 2 amide bonds. The van der Waals surface area contributed by atoms with Crippen molar-refractivity contribution in [1.82, 2.24) is 19.2 Å². The Labute approximate surface area is 216 Å². The Kier molecular flexibility index (Phi) is 9.18. The molecule has 1 saturated heterocycles. The zero-order chi connectivity index (χ0) is 26.2. The van der Waals surface area contributed by atoms with Crippen LogP contribution in [0.1, 0.15) is 53.2 Å². The molecule has 192 valence electrons. The Bertz CT molecular complexity index is 1180. The molecule has 0 spiro atoms. The van der Waals surface area contributed by atoms with Crippen molar-refractivity contribution in [2.24, 2.45) is 5.73 Å². The van der Waals surface area contributed by atoms with E-state index < -0.39 is 5.91 Å². The van der Waals surface area contributed by atoms with Crippen LogP contribution in [0.5, 0.6) is 0 Å². The molecule has 2 aromatic heterocycles. The largest absolute Gasteiger partial charge is 0.378 e. The number of nitrogens with one attached hydrogen (secondary N) is 2. The average molecular weight is 511 g/mol. The van der Waals surface area contributed by atoms with E-state index in [1.807, 2.05) is 75.0 Å². The van der Waals surface area contributed by atoms with Gasteiger partial charge in [0.2, 0.25) is 0 Å². The third kappa shape index (κ3) is 6.69. The number of rotatable bonds is 7. The number of hydrogen-bond acceptors (Lipinski definition) is 9. The van der Waals surface area contributed by atoms with Gasteiger partial charge in [0.15, 0.2) is 11.5 Å². The van der Waals surface area contributed by atoms with E-state index in [1.165, 1.54) is 17.7 Å². The van der Waals surface area contributed by atoms with Gasteiger partial charge in [0.1, 0.15) is 10.8 Å². The van der Waals surface area contributed by atoms with E-state index in [4.69, 9.17) is 5.73 Å². The highest BCUT2D eigenvalue weighted by Crippen LogP contribution is 2.24. The lowest BCUT2D eigenvalue weighted by atomic mass is 10.0. The van der Waals surface area contributed by atoms with Gasteiger partial charge in [-0.05, 0) is 61.6 Å². The Balaban J connectivity index is 0.00000176. The van der Waals surface area contributed by atoms with E-state index in [1.54, 1.807) is 0 Å². The molecule has 11 heteroatoms. The second-order valence-electron chi connectivity index (χ2n) is 8.45. The van der Waals surface area contributed by atoms with Crippen LogP contribution < -0.4 is 21.3 Å². The molecular formula is C25H34N8O2S. The van der Waals surface area contributed by atoms with Crippen molar-refractivity contribution in [1.29, 1.82) is 0 Å². The summed E-state index contributed by atoms with van der Waals surface area (Å²) in [6.07, 6.45) is 3.25. The van der Waals surface area contributed by atoms with Crippen molar-refractivity contribution in [3.63, 3.8) is 0 Å². The fraction of sp³-hybridized carbons (Fsp3) is 0.400. The molecule has 3 aromatic rings. The van der Waals surface area contributed by atoms with E-state index in [0.717, 1.165) is 29.2 Å². The first-order valence-corrected chi connectivity index (χ1v) is 12.8. The molecule has 36 heavy (non-hydrogen) atoms. The summed E-state index contributed by atoms with van der Waals surface area (Å²) in [7, 11) is 3.94. The quantitative estimate of drug-likeness (QED) is 0.437. The molecule has 1 aliphatic rings. The second-order valence-corrected chi connectivity index (χ2v) is 9.26.